The fourth-order valence-electron chi connectivity index (χ4n) is 2.56. The zero-order valence-electron chi connectivity index (χ0n) is 14.3. The van der Waals surface area contributed by atoms with Crippen molar-refractivity contribution in [3.63, 3.8) is 0 Å². The lowest BCUT2D eigenvalue weighted by Crippen LogP contribution is -2.37. The van der Waals surface area contributed by atoms with Crippen LogP contribution in [-0.2, 0) is 14.6 Å². The molecule has 0 saturated carbocycles. The summed E-state index contributed by atoms with van der Waals surface area (Å²) in [5, 5.41) is -0.643. The maximum Gasteiger partial charge on any atom is 0.513 e. The molecule has 0 heterocycles. The smallest absolute Gasteiger partial charge is 0.433 e. The Morgan fingerprint density at radius 2 is 1.92 bits per heavy atom. The van der Waals surface area contributed by atoms with Crippen LogP contribution >= 0.6 is 0 Å². The number of benzene rings is 1. The van der Waals surface area contributed by atoms with Crippen molar-refractivity contribution in [1.29, 1.82) is 0 Å². The molecule has 0 aliphatic heterocycles. The van der Waals surface area contributed by atoms with Gasteiger partial charge in [0.15, 0.2) is 9.84 Å². The lowest BCUT2D eigenvalue weighted by Gasteiger charge is -2.30. The van der Waals surface area contributed by atoms with E-state index in [1.807, 2.05) is 26.0 Å². The van der Waals surface area contributed by atoms with E-state index in [1.165, 1.54) is 0 Å². The number of carbonyl (C=O) groups excluding carboxylic acids is 1. The van der Waals surface area contributed by atoms with Crippen LogP contribution in [0.25, 0.3) is 6.08 Å². The molecule has 134 valence electrons. The van der Waals surface area contributed by atoms with Crippen LogP contribution in [0.3, 0.4) is 0 Å². The van der Waals surface area contributed by atoms with Crippen molar-refractivity contribution >= 4 is 22.1 Å². The third kappa shape index (κ3) is 5.06. The molecular formula is C19H22O5S. The molecule has 0 saturated heterocycles. The van der Waals surface area contributed by atoms with Crippen molar-refractivity contribution < 1.29 is 22.7 Å². The van der Waals surface area contributed by atoms with Gasteiger partial charge in [0.1, 0.15) is 12.4 Å². The van der Waals surface area contributed by atoms with Gasteiger partial charge < -0.3 is 9.47 Å². The predicted octanol–water partition coefficient (Wildman–Crippen LogP) is 3.78. The summed E-state index contributed by atoms with van der Waals surface area (Å²) in [5.41, 5.74) is 0.394. The molecule has 2 rings (SSSR count). The van der Waals surface area contributed by atoms with Crippen LogP contribution in [0.4, 0.5) is 4.79 Å². The zero-order valence-corrected chi connectivity index (χ0v) is 15.2. The van der Waals surface area contributed by atoms with E-state index in [9.17, 15) is 13.2 Å². The van der Waals surface area contributed by atoms with Crippen LogP contribution in [0.1, 0.15) is 19.4 Å². The van der Waals surface area contributed by atoms with E-state index < -0.39 is 26.7 Å². The molecule has 25 heavy (non-hydrogen) atoms. The fourth-order valence-corrected chi connectivity index (χ4v) is 4.46. The Morgan fingerprint density at radius 3 is 2.52 bits per heavy atom. The minimum atomic E-state index is -3.45. The van der Waals surface area contributed by atoms with Crippen LogP contribution in [-0.4, -0.2) is 32.2 Å². The second kappa shape index (κ2) is 7.70. The molecule has 0 N–H and O–H groups in total. The second-order valence-electron chi connectivity index (χ2n) is 6.33. The molecule has 0 radical (unpaired) electrons. The van der Waals surface area contributed by atoms with E-state index >= 15 is 0 Å². The van der Waals surface area contributed by atoms with E-state index in [0.717, 1.165) is 5.56 Å². The number of hydrogen-bond donors (Lipinski definition) is 0. The predicted molar refractivity (Wildman–Crippen MR) is 98.1 cm³/mol. The van der Waals surface area contributed by atoms with Gasteiger partial charge in [-0.15, -0.1) is 0 Å². The number of sulfone groups is 1. The third-order valence-corrected chi connectivity index (χ3v) is 6.22. The van der Waals surface area contributed by atoms with E-state index in [2.05, 4.69) is 6.58 Å². The van der Waals surface area contributed by atoms with Gasteiger partial charge in [0.05, 0.1) is 11.0 Å². The molecule has 1 aromatic rings. The Balaban J connectivity index is 1.86. The lowest BCUT2D eigenvalue weighted by molar-refractivity contribution is 0.105. The molecular weight excluding hydrogens is 340 g/mol. The summed E-state index contributed by atoms with van der Waals surface area (Å²) >= 11 is 0. The number of ether oxygens (including phenoxy) is 2. The first-order valence-corrected chi connectivity index (χ1v) is 9.61. The number of carbonyl (C=O) groups is 1. The van der Waals surface area contributed by atoms with Crippen LogP contribution < -0.4 is 4.74 Å². The van der Waals surface area contributed by atoms with Crippen LogP contribution in [0.2, 0.25) is 0 Å². The average molecular weight is 362 g/mol. The summed E-state index contributed by atoms with van der Waals surface area (Å²) in [5.74, 6) is 0.0593. The summed E-state index contributed by atoms with van der Waals surface area (Å²) in [7, 11) is -3.45. The molecule has 0 bridgehead atoms. The molecule has 1 unspecified atom stereocenters. The van der Waals surface area contributed by atoms with Gasteiger partial charge in [0, 0.05) is 5.41 Å². The molecule has 1 atom stereocenters. The standard InChI is InChI=1S/C19H22O5S/c1-4-15-8-10-16(11-9-15)24-18(20)23-13-14-25(21,22)17-7-5-6-12-19(17,2)3/h4-12,17H,1,13-14H2,2-3H3. The van der Waals surface area contributed by atoms with Gasteiger partial charge in [-0.1, -0.05) is 62.9 Å². The van der Waals surface area contributed by atoms with Gasteiger partial charge in [-0.2, -0.15) is 0 Å². The second-order valence-corrected chi connectivity index (χ2v) is 8.57. The molecule has 1 aliphatic carbocycles. The van der Waals surface area contributed by atoms with E-state index in [1.54, 1.807) is 42.5 Å². The van der Waals surface area contributed by atoms with Gasteiger partial charge in [-0.25, -0.2) is 13.2 Å². The van der Waals surface area contributed by atoms with Gasteiger partial charge in [0.25, 0.3) is 0 Å². The lowest BCUT2D eigenvalue weighted by atomic mass is 9.86. The molecule has 0 spiro atoms. The van der Waals surface area contributed by atoms with Crippen LogP contribution in [0, 0.1) is 5.41 Å². The van der Waals surface area contributed by atoms with Gasteiger partial charge in [0.2, 0.25) is 0 Å². The third-order valence-electron chi connectivity index (χ3n) is 3.95. The van der Waals surface area contributed by atoms with Crippen molar-refractivity contribution in [1.82, 2.24) is 0 Å². The van der Waals surface area contributed by atoms with E-state index in [0.29, 0.717) is 5.75 Å². The van der Waals surface area contributed by atoms with Crippen molar-refractivity contribution in [2.45, 2.75) is 19.1 Å². The molecule has 0 aromatic heterocycles. The SMILES string of the molecule is C=Cc1ccc(OC(=O)OCCS(=O)(=O)C2C=CC=CC2(C)C)cc1. The largest absolute Gasteiger partial charge is 0.513 e. The normalized spacial score (nSPS) is 18.6. The topological polar surface area (TPSA) is 69.7 Å². The van der Waals surface area contributed by atoms with Crippen LogP contribution in [0.15, 0.2) is 55.1 Å². The summed E-state index contributed by atoms with van der Waals surface area (Å²) in [4.78, 5) is 11.7. The van der Waals surface area contributed by atoms with Gasteiger partial charge >= 0.3 is 6.16 Å². The maximum atomic E-state index is 12.5. The highest BCUT2D eigenvalue weighted by Crippen LogP contribution is 2.32. The first kappa shape index (κ1) is 19.0. The molecule has 5 nitrogen and oxygen atoms in total. The van der Waals surface area contributed by atoms with Crippen molar-refractivity contribution in [2.75, 3.05) is 12.4 Å². The fraction of sp³-hybridized carbons (Fsp3) is 0.316. The van der Waals surface area contributed by atoms with Crippen molar-refractivity contribution in [2.24, 2.45) is 5.41 Å². The quantitative estimate of drug-likeness (QED) is 0.569. The monoisotopic (exact) mass is 362 g/mol. The molecule has 1 aromatic carbocycles. The average Bonchev–Trinajstić information content (AvgIpc) is 2.54. The summed E-state index contributed by atoms with van der Waals surface area (Å²) < 4.78 is 34.9. The molecule has 0 amide bonds. The Kier molecular flexibility index (Phi) is 5.85. The first-order valence-electron chi connectivity index (χ1n) is 7.89. The highest BCUT2D eigenvalue weighted by atomic mass is 32.2. The highest BCUT2D eigenvalue weighted by Gasteiger charge is 2.36. The number of hydrogen-bond acceptors (Lipinski definition) is 5. The summed E-state index contributed by atoms with van der Waals surface area (Å²) in [6, 6.07) is 6.70. The number of allylic oxidation sites excluding steroid dienone is 3. The summed E-state index contributed by atoms with van der Waals surface area (Å²) in [6.07, 6.45) is 7.81. The van der Waals surface area contributed by atoms with E-state index in [4.69, 9.17) is 9.47 Å². The van der Waals surface area contributed by atoms with Crippen LogP contribution in [0.5, 0.6) is 5.75 Å². The Bertz CT molecular complexity index is 786. The Labute approximate surface area is 148 Å². The molecule has 6 heteroatoms. The highest BCUT2D eigenvalue weighted by molar-refractivity contribution is 7.92. The zero-order chi connectivity index (χ0) is 18.5. The summed E-state index contributed by atoms with van der Waals surface area (Å²) in [6.45, 7) is 7.10. The van der Waals surface area contributed by atoms with Crippen molar-refractivity contribution in [3.8, 4) is 5.75 Å². The maximum absolute atomic E-state index is 12.5. The van der Waals surface area contributed by atoms with E-state index in [-0.39, 0.29) is 12.4 Å². The Hall–Kier alpha value is -2.34. The number of rotatable bonds is 6. The van der Waals surface area contributed by atoms with Gasteiger partial charge in [-0.3, -0.25) is 0 Å². The molecule has 1 aliphatic rings. The minimum Gasteiger partial charge on any atom is -0.433 e. The Morgan fingerprint density at radius 1 is 1.24 bits per heavy atom. The first-order chi connectivity index (χ1) is 11.7. The van der Waals surface area contributed by atoms with Crippen molar-refractivity contribution in [3.05, 3.63) is 60.7 Å². The molecule has 0 fully saturated rings. The minimum absolute atomic E-state index is 0.254. The van der Waals surface area contributed by atoms with Gasteiger partial charge in [-0.05, 0) is 17.7 Å².